The van der Waals surface area contributed by atoms with Gasteiger partial charge in [-0.3, -0.25) is 0 Å². The molecule has 2 aromatic heterocycles. The first-order valence-corrected chi connectivity index (χ1v) is 21.3. The van der Waals surface area contributed by atoms with Crippen LogP contribution in [0.1, 0.15) is 94.7 Å². The van der Waals surface area contributed by atoms with E-state index in [1.54, 1.807) is 6.07 Å². The third-order valence-electron chi connectivity index (χ3n) is 10.9. The monoisotopic (exact) mass is 760 g/mol. The molecule has 0 amide bonds. The zero-order valence-electron chi connectivity index (χ0n) is 31.8. The lowest BCUT2D eigenvalue weighted by atomic mass is 9.71. The summed E-state index contributed by atoms with van der Waals surface area (Å²) < 4.78 is 0. The molecule has 0 radical (unpaired) electrons. The highest BCUT2D eigenvalue weighted by Gasteiger charge is 2.45. The lowest BCUT2D eigenvalue weighted by Crippen LogP contribution is -2.25. The number of nitriles is 1. The molecule has 6 heteroatoms. The Kier molecular flexibility index (Phi) is 12.1. The van der Waals surface area contributed by atoms with E-state index in [0.29, 0.717) is 5.56 Å². The van der Waals surface area contributed by atoms with E-state index in [1.165, 1.54) is 93.6 Å². The molecule has 6 aromatic rings. The van der Waals surface area contributed by atoms with Gasteiger partial charge in [0.25, 0.3) is 0 Å². The first-order chi connectivity index (χ1) is 27.0. The number of nitrogens with zero attached hydrogens (tertiary/aromatic N) is 2. The molecule has 0 atom stereocenters. The molecule has 1 N–H and O–H groups in total. The van der Waals surface area contributed by atoms with E-state index >= 15 is 0 Å². The third-order valence-corrected chi connectivity index (χ3v) is 13.4. The number of fused-ring (bicyclic) bond motifs is 3. The zero-order valence-corrected chi connectivity index (χ0v) is 33.4. The third kappa shape index (κ3) is 8.10. The first-order valence-electron chi connectivity index (χ1n) is 19.7. The molecule has 0 bridgehead atoms. The highest BCUT2D eigenvalue weighted by molar-refractivity contribution is 7.25. The van der Waals surface area contributed by atoms with Crippen LogP contribution < -0.4 is 4.90 Å². The van der Waals surface area contributed by atoms with Crippen LogP contribution in [0.4, 0.5) is 17.1 Å². The summed E-state index contributed by atoms with van der Waals surface area (Å²) in [5.41, 5.74) is 9.19. The van der Waals surface area contributed by atoms with Gasteiger partial charge in [-0.2, -0.15) is 5.26 Å². The first kappa shape index (κ1) is 38.1. The summed E-state index contributed by atoms with van der Waals surface area (Å²) in [6.45, 7) is 4.58. The lowest BCUT2D eigenvalue weighted by molar-refractivity contribution is -0.132. The SMILES string of the molecule is CCCCCCC1(CCCCCC)c2cc(-c3ccc(/C=C(/C#N)C(=O)O)cc3)sc2-c2sc(-c3ccc(N(c4ccccc4)c4ccccc4)cc3)cc21. The van der Waals surface area contributed by atoms with Crippen LogP contribution in [-0.2, 0) is 10.2 Å². The number of carbonyl (C=O) groups is 1. The number of rotatable bonds is 17. The van der Waals surface area contributed by atoms with Gasteiger partial charge in [0.2, 0.25) is 0 Å². The van der Waals surface area contributed by atoms with Crippen LogP contribution in [0.15, 0.2) is 127 Å². The van der Waals surface area contributed by atoms with E-state index in [2.05, 4.69) is 128 Å². The van der Waals surface area contributed by atoms with Crippen molar-refractivity contribution in [1.82, 2.24) is 0 Å². The van der Waals surface area contributed by atoms with Gasteiger partial charge in [-0.15, -0.1) is 22.7 Å². The van der Waals surface area contributed by atoms with Crippen LogP contribution in [0.25, 0.3) is 36.7 Å². The second-order valence-corrected chi connectivity index (χ2v) is 16.7. The maximum atomic E-state index is 11.4. The summed E-state index contributed by atoms with van der Waals surface area (Å²) in [6, 6.07) is 45.0. The number of benzene rings is 4. The van der Waals surface area contributed by atoms with Gasteiger partial charge in [0.05, 0.1) is 0 Å². The van der Waals surface area contributed by atoms with Gasteiger partial charge in [0, 0.05) is 42.0 Å². The predicted octanol–water partition coefficient (Wildman–Crippen LogP) is 14.8. The molecule has 0 spiro atoms. The van der Waals surface area contributed by atoms with Crippen LogP contribution >= 0.6 is 22.7 Å². The Balaban J connectivity index is 1.28. The van der Waals surface area contributed by atoms with Crippen molar-refractivity contribution in [3.63, 3.8) is 0 Å². The number of para-hydroxylation sites is 2. The number of hydrogen-bond donors (Lipinski definition) is 1. The largest absolute Gasteiger partial charge is 0.477 e. The van der Waals surface area contributed by atoms with Gasteiger partial charge in [0.15, 0.2) is 0 Å². The summed E-state index contributed by atoms with van der Waals surface area (Å²) in [6.07, 6.45) is 13.7. The number of thiophene rings is 2. The number of anilines is 3. The van der Waals surface area contributed by atoms with E-state index in [1.807, 2.05) is 34.8 Å². The summed E-state index contributed by atoms with van der Waals surface area (Å²) in [4.78, 5) is 19.1. The zero-order chi connectivity index (χ0) is 38.2. The Morgan fingerprint density at radius 1 is 0.655 bits per heavy atom. The summed E-state index contributed by atoms with van der Waals surface area (Å²) in [5.74, 6) is -1.21. The van der Waals surface area contributed by atoms with Gasteiger partial charge < -0.3 is 10.0 Å². The fourth-order valence-electron chi connectivity index (χ4n) is 8.06. The quantitative estimate of drug-likeness (QED) is 0.0571. The van der Waals surface area contributed by atoms with E-state index in [9.17, 15) is 15.2 Å². The Bertz CT molecular complexity index is 2230. The van der Waals surface area contributed by atoms with Crippen molar-refractivity contribution in [2.45, 2.75) is 83.5 Å². The molecule has 0 fully saturated rings. The topological polar surface area (TPSA) is 64.3 Å². The molecule has 0 saturated carbocycles. The average molecular weight is 761 g/mol. The minimum atomic E-state index is -1.21. The van der Waals surface area contributed by atoms with Crippen LogP contribution in [0.5, 0.6) is 0 Å². The predicted molar refractivity (Wildman–Crippen MR) is 233 cm³/mol. The smallest absolute Gasteiger partial charge is 0.346 e. The molecule has 1 aliphatic rings. The normalized spacial score (nSPS) is 12.9. The Labute approximate surface area is 334 Å². The molecule has 4 aromatic carbocycles. The van der Waals surface area contributed by atoms with Crippen LogP contribution in [-0.4, -0.2) is 11.1 Å². The van der Waals surface area contributed by atoms with Crippen molar-refractivity contribution < 1.29 is 9.90 Å². The van der Waals surface area contributed by atoms with Crippen LogP contribution in [0, 0.1) is 11.3 Å². The summed E-state index contributed by atoms with van der Waals surface area (Å²) in [7, 11) is 0. The van der Waals surface area contributed by atoms with Gasteiger partial charge in [0.1, 0.15) is 11.6 Å². The van der Waals surface area contributed by atoms with Crippen molar-refractivity contribution in [2.75, 3.05) is 4.90 Å². The van der Waals surface area contributed by atoms with E-state index in [-0.39, 0.29) is 11.0 Å². The lowest BCUT2D eigenvalue weighted by Gasteiger charge is -2.31. The molecule has 2 heterocycles. The van der Waals surface area contributed by atoms with E-state index < -0.39 is 5.97 Å². The average Bonchev–Trinajstić information content (AvgIpc) is 3.92. The number of hydrogen-bond acceptors (Lipinski definition) is 5. The van der Waals surface area contributed by atoms with Crippen molar-refractivity contribution >= 4 is 51.8 Å². The van der Waals surface area contributed by atoms with Crippen molar-refractivity contribution in [3.05, 3.63) is 144 Å². The fraction of sp³-hybridized carbons (Fsp3) is 0.265. The molecular weight excluding hydrogens is 713 g/mol. The number of carboxylic acid groups (broad SMARTS) is 1. The standard InChI is InChI=1S/C49H48N2O2S2/c1-3-5-7-15-29-49(30-16-8-6-4-2)42-32-44(36-23-21-35(22-24-36)31-38(34-50)48(52)53)54-46(42)47-43(49)33-45(55-47)37-25-27-41(28-26-37)51(39-17-11-9-12-18-39)40-19-13-10-14-20-40/h9-14,17-28,31-33H,3-8,15-16,29-30H2,1-2H3,(H,52,53)/b38-31-. The van der Waals surface area contributed by atoms with Gasteiger partial charge >= 0.3 is 5.97 Å². The molecule has 7 rings (SSSR count). The second kappa shape index (κ2) is 17.5. The number of carboxylic acids is 1. The second-order valence-electron chi connectivity index (χ2n) is 14.6. The summed E-state index contributed by atoms with van der Waals surface area (Å²) >= 11 is 3.83. The van der Waals surface area contributed by atoms with E-state index in [0.717, 1.165) is 35.5 Å². The van der Waals surface area contributed by atoms with E-state index in [4.69, 9.17) is 0 Å². The van der Waals surface area contributed by atoms with Gasteiger partial charge in [-0.1, -0.05) is 138 Å². The Morgan fingerprint density at radius 2 is 1.11 bits per heavy atom. The molecule has 0 saturated heterocycles. The Morgan fingerprint density at radius 3 is 1.55 bits per heavy atom. The van der Waals surface area contributed by atoms with Crippen molar-refractivity contribution in [3.8, 4) is 36.7 Å². The van der Waals surface area contributed by atoms with Crippen molar-refractivity contribution in [1.29, 1.82) is 5.26 Å². The van der Waals surface area contributed by atoms with Gasteiger partial charge in [-0.25, -0.2) is 4.79 Å². The molecule has 0 unspecified atom stereocenters. The molecule has 1 aliphatic carbocycles. The highest BCUT2D eigenvalue weighted by Crippen LogP contribution is 2.61. The molecule has 55 heavy (non-hydrogen) atoms. The van der Waals surface area contributed by atoms with Crippen LogP contribution in [0.2, 0.25) is 0 Å². The maximum Gasteiger partial charge on any atom is 0.346 e. The highest BCUT2D eigenvalue weighted by atomic mass is 32.1. The molecule has 0 aliphatic heterocycles. The molecule has 4 nitrogen and oxygen atoms in total. The van der Waals surface area contributed by atoms with Crippen LogP contribution in [0.3, 0.4) is 0 Å². The minimum absolute atomic E-state index is 0.0150. The van der Waals surface area contributed by atoms with Crippen molar-refractivity contribution in [2.24, 2.45) is 0 Å². The molecule has 278 valence electrons. The minimum Gasteiger partial charge on any atom is -0.477 e. The fourth-order valence-corrected chi connectivity index (χ4v) is 10.7. The Hall–Kier alpha value is -5.22. The molecular formula is C49H48N2O2S2. The number of unbranched alkanes of at least 4 members (excludes halogenated alkanes) is 6. The van der Waals surface area contributed by atoms with Gasteiger partial charge in [-0.05, 0) is 95.3 Å². The summed E-state index contributed by atoms with van der Waals surface area (Å²) in [5, 5.41) is 18.6. The maximum absolute atomic E-state index is 11.4. The number of aliphatic carboxylic acids is 1.